The van der Waals surface area contributed by atoms with E-state index in [1.165, 1.54) is 29.2 Å². The molecule has 4 aromatic rings. The third kappa shape index (κ3) is 4.13. The van der Waals surface area contributed by atoms with Gasteiger partial charge in [0.25, 0.3) is 5.91 Å². The van der Waals surface area contributed by atoms with Crippen LogP contribution in [-0.4, -0.2) is 16.9 Å². The summed E-state index contributed by atoms with van der Waals surface area (Å²) < 4.78 is 19.6. The number of halogens is 3. The fraction of sp³-hybridized carbons (Fsp3) is 0.148. The van der Waals surface area contributed by atoms with Crippen LogP contribution >= 0.6 is 23.2 Å². The Morgan fingerprint density at radius 2 is 1.66 bits per heavy atom. The summed E-state index contributed by atoms with van der Waals surface area (Å²) in [6.07, 6.45) is -1.11. The van der Waals surface area contributed by atoms with Crippen molar-refractivity contribution >= 4 is 51.7 Å². The van der Waals surface area contributed by atoms with Crippen molar-refractivity contribution in [2.45, 2.75) is 20.1 Å². The molecule has 0 saturated carbocycles. The van der Waals surface area contributed by atoms with Crippen molar-refractivity contribution in [3.05, 3.63) is 93.7 Å². The molecule has 2 heterocycles. The van der Waals surface area contributed by atoms with E-state index in [1.54, 1.807) is 56.3 Å². The summed E-state index contributed by atoms with van der Waals surface area (Å²) in [5.74, 6) is -1.78. The smallest absolute Gasteiger partial charge is 0.310 e. The van der Waals surface area contributed by atoms with Crippen molar-refractivity contribution in [1.29, 1.82) is 0 Å². The summed E-state index contributed by atoms with van der Waals surface area (Å²) in [5, 5.41) is 1.51. The minimum atomic E-state index is -1.11. The normalized spacial score (nSPS) is 15.1. The minimum absolute atomic E-state index is 0.327. The van der Waals surface area contributed by atoms with Crippen LogP contribution < -0.4 is 4.90 Å². The molecule has 0 saturated heterocycles. The van der Waals surface area contributed by atoms with Gasteiger partial charge in [-0.1, -0.05) is 49.2 Å². The van der Waals surface area contributed by atoms with Gasteiger partial charge in [-0.3, -0.25) is 14.5 Å². The molecule has 0 bridgehead atoms. The number of anilines is 1. The number of pyridine rings is 1. The van der Waals surface area contributed by atoms with Gasteiger partial charge in [0.05, 0.1) is 28.3 Å². The van der Waals surface area contributed by atoms with Crippen LogP contribution in [0.1, 0.15) is 36.0 Å². The largest absolute Gasteiger partial charge is 0.436 e. The number of esters is 1. The number of ether oxygens (including phenoxy) is 1. The van der Waals surface area contributed by atoms with Crippen molar-refractivity contribution in [1.82, 2.24) is 4.98 Å². The van der Waals surface area contributed by atoms with Crippen LogP contribution in [0.4, 0.5) is 10.1 Å². The molecular weight excluding hydrogens is 490 g/mol. The highest BCUT2D eigenvalue weighted by atomic mass is 35.5. The first kappa shape index (κ1) is 23.3. The van der Waals surface area contributed by atoms with Crippen molar-refractivity contribution < 1.29 is 18.7 Å². The van der Waals surface area contributed by atoms with E-state index in [0.717, 1.165) is 0 Å². The van der Waals surface area contributed by atoms with E-state index in [1.807, 2.05) is 0 Å². The number of nitrogens with zero attached hydrogens (tertiary/aromatic N) is 2. The number of carbonyl (C=O) groups excluding carboxylic acids is 2. The molecule has 5 nitrogen and oxygen atoms in total. The summed E-state index contributed by atoms with van der Waals surface area (Å²) in [4.78, 5) is 32.9. The number of hydrogen-bond acceptors (Lipinski definition) is 4. The summed E-state index contributed by atoms with van der Waals surface area (Å²) in [6, 6.07) is 17.6. The Kier molecular flexibility index (Phi) is 5.95. The summed E-state index contributed by atoms with van der Waals surface area (Å²) >= 11 is 12.4. The predicted octanol–water partition coefficient (Wildman–Crippen LogP) is 7.21. The fourth-order valence-corrected chi connectivity index (χ4v) is 4.42. The maximum absolute atomic E-state index is 14.0. The van der Waals surface area contributed by atoms with Crippen LogP contribution in [0, 0.1) is 11.7 Å². The first-order valence-electron chi connectivity index (χ1n) is 10.9. The number of benzene rings is 3. The minimum Gasteiger partial charge on any atom is -0.436 e. The zero-order valence-corrected chi connectivity index (χ0v) is 20.3. The molecule has 1 amide bonds. The van der Waals surface area contributed by atoms with Gasteiger partial charge in [-0.05, 0) is 54.6 Å². The highest BCUT2D eigenvalue weighted by Crippen LogP contribution is 2.46. The molecule has 0 aliphatic carbocycles. The van der Waals surface area contributed by atoms with Crippen LogP contribution in [0.2, 0.25) is 10.0 Å². The summed E-state index contributed by atoms with van der Waals surface area (Å²) in [7, 11) is 0. The van der Waals surface area contributed by atoms with E-state index in [4.69, 9.17) is 32.9 Å². The van der Waals surface area contributed by atoms with Gasteiger partial charge in [0, 0.05) is 26.7 Å². The summed E-state index contributed by atoms with van der Waals surface area (Å²) in [5.41, 5.74) is 2.87. The zero-order valence-electron chi connectivity index (χ0n) is 18.8. The van der Waals surface area contributed by atoms with Crippen molar-refractivity contribution in [2.24, 2.45) is 5.92 Å². The molecule has 1 atom stereocenters. The van der Waals surface area contributed by atoms with Gasteiger partial charge < -0.3 is 4.74 Å². The van der Waals surface area contributed by atoms with Crippen LogP contribution in [0.15, 0.2) is 66.7 Å². The quantitative estimate of drug-likeness (QED) is 0.273. The van der Waals surface area contributed by atoms with Gasteiger partial charge in [0.1, 0.15) is 5.82 Å². The topological polar surface area (TPSA) is 59.5 Å². The SMILES string of the molecule is CC(C)C(=O)OC1c2c(-c3ccc(Cl)cc3)nc3ccc(Cl)cc3c2C(=O)N1c1ccc(F)cc1. The van der Waals surface area contributed by atoms with Gasteiger partial charge in [-0.2, -0.15) is 0 Å². The Bertz CT molecular complexity index is 1470. The molecule has 1 unspecified atom stereocenters. The lowest BCUT2D eigenvalue weighted by Crippen LogP contribution is -2.32. The Balaban J connectivity index is 1.83. The van der Waals surface area contributed by atoms with E-state index in [-0.39, 0.29) is 0 Å². The monoisotopic (exact) mass is 508 g/mol. The molecule has 3 aromatic carbocycles. The lowest BCUT2D eigenvalue weighted by Gasteiger charge is -2.26. The van der Waals surface area contributed by atoms with Crippen LogP contribution in [0.25, 0.3) is 22.2 Å². The number of amides is 1. The third-order valence-corrected chi connectivity index (χ3v) is 6.31. The maximum Gasteiger partial charge on any atom is 0.310 e. The van der Waals surface area contributed by atoms with E-state index in [9.17, 15) is 14.0 Å². The molecule has 0 fully saturated rings. The maximum atomic E-state index is 14.0. The van der Waals surface area contributed by atoms with Crippen LogP contribution in [0.3, 0.4) is 0 Å². The highest BCUT2D eigenvalue weighted by Gasteiger charge is 2.44. The van der Waals surface area contributed by atoms with Gasteiger partial charge in [-0.15, -0.1) is 0 Å². The first-order valence-corrected chi connectivity index (χ1v) is 11.7. The standard InChI is InChI=1S/C27H19Cl2FN2O3/c1-14(2)27(34)35-26-23-22(25(33)32(26)19-10-8-18(30)9-11-19)20-13-17(29)7-12-21(20)31-24(23)15-3-5-16(28)6-4-15/h3-14,26H,1-2H3. The highest BCUT2D eigenvalue weighted by molar-refractivity contribution is 6.32. The molecule has 1 aliphatic rings. The lowest BCUT2D eigenvalue weighted by molar-refractivity contribution is -0.152. The van der Waals surface area contributed by atoms with E-state index >= 15 is 0 Å². The average Bonchev–Trinajstić information content (AvgIpc) is 3.12. The van der Waals surface area contributed by atoms with Crippen LogP contribution in [-0.2, 0) is 9.53 Å². The van der Waals surface area contributed by atoms with Crippen LogP contribution in [0.5, 0.6) is 0 Å². The molecule has 1 aromatic heterocycles. The second-order valence-corrected chi connectivity index (χ2v) is 9.39. The molecular formula is C27H19Cl2FN2O3. The molecule has 1 aliphatic heterocycles. The predicted molar refractivity (Wildman–Crippen MR) is 134 cm³/mol. The van der Waals surface area contributed by atoms with Crippen molar-refractivity contribution in [2.75, 3.05) is 4.90 Å². The second-order valence-electron chi connectivity index (χ2n) is 8.51. The molecule has 176 valence electrons. The molecule has 5 rings (SSSR count). The van der Waals surface area contributed by atoms with Crippen molar-refractivity contribution in [3.8, 4) is 11.3 Å². The zero-order chi connectivity index (χ0) is 24.9. The molecule has 0 N–H and O–H groups in total. The number of carbonyl (C=O) groups is 2. The number of hydrogen-bond donors (Lipinski definition) is 0. The number of rotatable bonds is 4. The molecule has 35 heavy (non-hydrogen) atoms. The van der Waals surface area contributed by atoms with Gasteiger partial charge in [0.2, 0.25) is 6.23 Å². The molecule has 0 spiro atoms. The van der Waals surface area contributed by atoms with E-state index < -0.39 is 29.8 Å². The van der Waals surface area contributed by atoms with Gasteiger partial charge in [-0.25, -0.2) is 9.37 Å². The Hall–Kier alpha value is -3.48. The van der Waals surface area contributed by atoms with E-state index in [2.05, 4.69) is 0 Å². The lowest BCUT2D eigenvalue weighted by atomic mass is 9.97. The third-order valence-electron chi connectivity index (χ3n) is 5.82. The fourth-order valence-electron chi connectivity index (χ4n) is 4.12. The Labute approximate surface area is 211 Å². The van der Waals surface area contributed by atoms with Crippen molar-refractivity contribution in [3.63, 3.8) is 0 Å². The van der Waals surface area contributed by atoms with E-state index in [0.29, 0.717) is 49.0 Å². The number of fused-ring (bicyclic) bond motifs is 3. The Morgan fingerprint density at radius 3 is 2.31 bits per heavy atom. The average molecular weight is 509 g/mol. The first-order chi connectivity index (χ1) is 16.7. The second kappa shape index (κ2) is 8.95. The summed E-state index contributed by atoms with van der Waals surface area (Å²) in [6.45, 7) is 3.42. The number of aromatic nitrogens is 1. The Morgan fingerprint density at radius 1 is 1.00 bits per heavy atom. The molecule has 8 heteroatoms. The van der Waals surface area contributed by atoms with Gasteiger partial charge >= 0.3 is 5.97 Å². The van der Waals surface area contributed by atoms with Gasteiger partial charge in [0.15, 0.2) is 0 Å². The molecule has 0 radical (unpaired) electrons.